The predicted octanol–water partition coefficient (Wildman–Crippen LogP) is 0.0333. The minimum absolute atomic E-state index is 0.0231. The molecule has 0 bridgehead atoms. The van der Waals surface area contributed by atoms with Gasteiger partial charge in [-0.15, -0.1) is 4.52 Å². The van der Waals surface area contributed by atoms with Crippen molar-refractivity contribution in [2.75, 3.05) is 6.61 Å². The van der Waals surface area contributed by atoms with Crippen molar-refractivity contribution < 1.29 is 42.2 Å². The van der Waals surface area contributed by atoms with Crippen molar-refractivity contribution in [2.45, 2.75) is 51.5 Å². The van der Waals surface area contributed by atoms with Crippen LogP contribution in [0.3, 0.4) is 0 Å². The predicted molar refractivity (Wildman–Crippen MR) is 88.3 cm³/mol. The average Bonchev–Trinajstić information content (AvgIpc) is 2.98. The zero-order chi connectivity index (χ0) is 20.6. The zero-order valence-electron chi connectivity index (χ0n) is 14.9. The van der Waals surface area contributed by atoms with Crippen LogP contribution in [0.15, 0.2) is 15.8 Å². The van der Waals surface area contributed by atoms with Crippen molar-refractivity contribution in [1.29, 1.82) is 0 Å². The Morgan fingerprint density at radius 1 is 1.39 bits per heavy atom. The molecule has 1 aromatic heterocycles. The van der Waals surface area contributed by atoms with Crippen molar-refractivity contribution in [1.82, 2.24) is 9.13 Å². The lowest BCUT2D eigenvalue weighted by molar-refractivity contribution is -0.0770. The third-order valence-electron chi connectivity index (χ3n) is 3.97. The van der Waals surface area contributed by atoms with Crippen molar-refractivity contribution in [3.8, 4) is 0 Å². The molecule has 2 N–H and O–H groups in total. The number of rotatable bonds is 4. The van der Waals surface area contributed by atoms with Gasteiger partial charge in [0.1, 0.15) is 25.0 Å². The Hall–Kier alpha value is -1.89. The number of ether oxygens (including phenoxy) is 3. The molecule has 1 aromatic rings. The van der Waals surface area contributed by atoms with Crippen LogP contribution in [0.4, 0.5) is 9.18 Å². The number of aromatic nitrogens is 2. The highest BCUT2D eigenvalue weighted by Crippen LogP contribution is 2.58. The third kappa shape index (κ3) is 4.40. The van der Waals surface area contributed by atoms with Gasteiger partial charge < -0.3 is 14.2 Å². The van der Waals surface area contributed by atoms with E-state index in [2.05, 4.69) is 4.74 Å². The number of hydrogen-bond acceptors (Lipinski definition) is 10. The summed E-state index contributed by atoms with van der Waals surface area (Å²) in [5.41, 5.74) is -2.29. The molecular formula is C14H19FN2O10P+. The van der Waals surface area contributed by atoms with Crippen LogP contribution in [0.5, 0.6) is 0 Å². The van der Waals surface area contributed by atoms with E-state index in [0.29, 0.717) is 10.8 Å². The highest BCUT2D eigenvalue weighted by molar-refractivity contribution is 7.54. The van der Waals surface area contributed by atoms with Gasteiger partial charge in [0.05, 0.1) is 12.3 Å². The first-order valence-electron chi connectivity index (χ1n) is 8.25. The molecule has 0 spiro atoms. The molecular weight excluding hydrogens is 406 g/mol. The van der Waals surface area contributed by atoms with E-state index in [4.69, 9.17) is 18.5 Å². The maximum Gasteiger partial charge on any atom is 0.570 e. The first-order chi connectivity index (χ1) is 13.1. The number of hydrogen-bond donors (Lipinski definition) is 2. The van der Waals surface area contributed by atoms with Gasteiger partial charge in [-0.2, -0.15) is 18.7 Å². The fourth-order valence-electron chi connectivity index (χ4n) is 2.76. The fraction of sp³-hybridized carbons (Fsp3) is 0.643. The summed E-state index contributed by atoms with van der Waals surface area (Å²) in [6, 6.07) is 0. The second-order valence-corrected chi connectivity index (χ2v) is 7.84. The van der Waals surface area contributed by atoms with Gasteiger partial charge in [-0.05, 0) is 13.8 Å². The molecule has 0 radical (unpaired) electrons. The minimum Gasteiger partial charge on any atom is -0.432 e. The van der Waals surface area contributed by atoms with Gasteiger partial charge in [-0.3, -0.25) is 9.36 Å². The largest absolute Gasteiger partial charge is 0.570 e. The van der Waals surface area contributed by atoms with E-state index in [9.17, 15) is 28.6 Å². The summed E-state index contributed by atoms with van der Waals surface area (Å²) in [4.78, 5) is 54.9. The summed E-state index contributed by atoms with van der Waals surface area (Å²) in [7, 11) is -3.97. The Morgan fingerprint density at radius 3 is 2.79 bits per heavy atom. The van der Waals surface area contributed by atoms with E-state index in [1.807, 2.05) is 0 Å². The minimum atomic E-state index is -3.97. The monoisotopic (exact) mass is 425 g/mol. The number of fused-ring (bicyclic) bond motifs is 1. The quantitative estimate of drug-likeness (QED) is 0.500. The zero-order valence-corrected chi connectivity index (χ0v) is 15.8. The summed E-state index contributed by atoms with van der Waals surface area (Å²) < 4.78 is 39.9. The van der Waals surface area contributed by atoms with Gasteiger partial charge in [0.2, 0.25) is 5.82 Å². The molecule has 0 saturated carbocycles. The first-order valence-corrected chi connectivity index (χ1v) is 9.78. The summed E-state index contributed by atoms with van der Waals surface area (Å²) in [6.07, 6.45) is -3.55. The van der Waals surface area contributed by atoms with E-state index in [1.54, 1.807) is 13.8 Å². The molecule has 156 valence electrons. The summed E-state index contributed by atoms with van der Waals surface area (Å²) >= 11 is 0. The van der Waals surface area contributed by atoms with Crippen LogP contribution in [0.25, 0.3) is 0 Å². The lowest BCUT2D eigenvalue weighted by Gasteiger charge is -2.23. The Morgan fingerprint density at radius 2 is 2.11 bits per heavy atom. The third-order valence-corrected chi connectivity index (χ3v) is 5.00. The van der Waals surface area contributed by atoms with E-state index in [1.165, 1.54) is 0 Å². The topological polar surface area (TPSA) is 148 Å². The van der Waals surface area contributed by atoms with E-state index in [0.717, 1.165) is 4.57 Å². The van der Waals surface area contributed by atoms with E-state index < -0.39 is 62.7 Å². The van der Waals surface area contributed by atoms with Crippen molar-refractivity contribution >= 4 is 14.3 Å². The summed E-state index contributed by atoms with van der Waals surface area (Å²) in [5, 5.41) is 0. The Balaban J connectivity index is 1.81. The maximum absolute atomic E-state index is 14.1. The van der Waals surface area contributed by atoms with E-state index in [-0.39, 0.29) is 13.0 Å². The van der Waals surface area contributed by atoms with Crippen LogP contribution in [0.1, 0.15) is 26.5 Å². The van der Waals surface area contributed by atoms with Crippen LogP contribution in [0.2, 0.25) is 0 Å². The maximum atomic E-state index is 14.1. The Labute approximate surface area is 157 Å². The Kier molecular flexibility index (Phi) is 5.84. The molecule has 3 atom stereocenters. The van der Waals surface area contributed by atoms with Gasteiger partial charge in [-0.1, -0.05) is 0 Å². The molecule has 0 aromatic carbocycles. The highest BCUT2D eigenvalue weighted by atomic mass is 31.2. The number of halogens is 1. The molecule has 3 rings (SSSR count). The van der Waals surface area contributed by atoms with Gasteiger partial charge >= 0.3 is 20.0 Å². The van der Waals surface area contributed by atoms with Crippen LogP contribution >= 0.6 is 8.17 Å². The number of carbonyl (C=O) groups is 1. The van der Waals surface area contributed by atoms with Gasteiger partial charge in [-0.25, -0.2) is 14.2 Å². The van der Waals surface area contributed by atoms with Gasteiger partial charge in [0.25, 0.3) is 5.56 Å². The molecule has 28 heavy (non-hydrogen) atoms. The second kappa shape index (κ2) is 7.85. The van der Waals surface area contributed by atoms with Crippen molar-refractivity contribution in [2.24, 2.45) is 0 Å². The molecule has 14 heteroatoms. The summed E-state index contributed by atoms with van der Waals surface area (Å²) in [5.74, 6) is -1.28. The molecule has 2 aliphatic rings. The van der Waals surface area contributed by atoms with Crippen LogP contribution in [-0.4, -0.2) is 50.0 Å². The summed E-state index contributed by atoms with van der Waals surface area (Å²) in [6.45, 7) is 2.09. The molecule has 2 fully saturated rings. The fourth-order valence-corrected chi connectivity index (χ4v) is 3.74. The SMILES string of the molecule is CC(C)OC(=O)OCn1c(=O)c(F)cn([C@H]2C[C@@H]3O[P+](O)(O)OC[C@H]3O2)c1=O. The highest BCUT2D eigenvalue weighted by Gasteiger charge is 2.55. The van der Waals surface area contributed by atoms with Crippen LogP contribution in [-0.2, 0) is 30.0 Å². The molecule has 0 aliphatic carbocycles. The van der Waals surface area contributed by atoms with E-state index >= 15 is 0 Å². The van der Waals surface area contributed by atoms with Crippen LogP contribution < -0.4 is 11.2 Å². The standard InChI is InChI=1S/C14H19FN2O10P/c1-7(2)25-14(20)23-6-17-12(18)8(15)4-16(13(17)19)11-3-9-10(26-11)5-24-28(21,22)27-9/h4,7,9-11,21-22H,3,5-6H2,1-2H3/q+1/t9-,10+,11+/m0/s1. The van der Waals surface area contributed by atoms with Crippen LogP contribution in [0, 0.1) is 5.82 Å². The van der Waals surface area contributed by atoms with Crippen molar-refractivity contribution in [3.63, 3.8) is 0 Å². The molecule has 12 nitrogen and oxygen atoms in total. The molecule has 2 aliphatic heterocycles. The number of carbonyl (C=O) groups excluding carboxylic acids is 1. The van der Waals surface area contributed by atoms with Crippen molar-refractivity contribution in [3.05, 3.63) is 32.9 Å². The first kappa shape index (κ1) is 20.8. The average molecular weight is 425 g/mol. The molecule has 3 heterocycles. The smallest absolute Gasteiger partial charge is 0.432 e. The Bertz CT molecular complexity index is 869. The lowest BCUT2D eigenvalue weighted by atomic mass is 10.2. The molecule has 0 amide bonds. The lowest BCUT2D eigenvalue weighted by Crippen LogP contribution is -2.43. The molecule has 2 saturated heterocycles. The van der Waals surface area contributed by atoms with Gasteiger partial charge in [0.15, 0.2) is 6.73 Å². The van der Waals surface area contributed by atoms with Gasteiger partial charge in [0, 0.05) is 6.42 Å². The second-order valence-electron chi connectivity index (χ2n) is 6.39. The number of nitrogens with zero attached hydrogens (tertiary/aromatic N) is 2. The normalized spacial score (nSPS) is 26.1. The molecule has 0 unspecified atom stereocenters.